The van der Waals surface area contributed by atoms with Crippen LogP contribution in [-0.2, 0) is 36.6 Å². The molecule has 3 fully saturated rings. The van der Waals surface area contributed by atoms with Gasteiger partial charge in [0.1, 0.15) is 15.9 Å². The van der Waals surface area contributed by atoms with Crippen LogP contribution in [0.1, 0.15) is 43.2 Å². The van der Waals surface area contributed by atoms with Crippen molar-refractivity contribution in [2.75, 3.05) is 27.0 Å². The average Bonchev–Trinajstić information content (AvgIpc) is 3.64. The van der Waals surface area contributed by atoms with Crippen molar-refractivity contribution in [1.29, 1.82) is 0 Å². The molecule has 5 atom stereocenters. The standard InChI is InChI=1S/C28H32N2O8S2/c1-36-16-37-20-9-8-18-14-23-28(31)11-10-19(30-39(32,33)21-4-2-3-5-22(21)40(30,34)35)26-27(28,24(18)25(20)38-26)12-13-29(23)15-17-6-7-17/h2-5,8-9,17,19,23,26,31H,6-7,10-16H2,1H3/t19-,23-,26+,27+,28?/m1/s1. The van der Waals surface area contributed by atoms with E-state index in [1.54, 1.807) is 0 Å². The van der Waals surface area contributed by atoms with E-state index in [0.717, 1.165) is 24.2 Å². The number of aliphatic hydroxyl groups is 1. The highest BCUT2D eigenvalue weighted by Crippen LogP contribution is 2.66. The van der Waals surface area contributed by atoms with Crippen molar-refractivity contribution in [3.05, 3.63) is 47.5 Å². The largest absolute Gasteiger partial charge is 0.483 e. The van der Waals surface area contributed by atoms with Crippen molar-refractivity contribution in [3.8, 4) is 11.5 Å². The first-order valence-corrected chi connectivity index (χ1v) is 16.8. The zero-order valence-electron chi connectivity index (χ0n) is 22.2. The summed E-state index contributed by atoms with van der Waals surface area (Å²) in [5.41, 5.74) is -0.310. The third-order valence-corrected chi connectivity index (χ3v) is 14.8. The summed E-state index contributed by atoms with van der Waals surface area (Å²) < 4.78 is 73.7. The number of rotatable bonds is 6. The number of methoxy groups -OCH3 is 1. The van der Waals surface area contributed by atoms with Crippen molar-refractivity contribution < 1.29 is 36.2 Å². The maximum Gasteiger partial charge on any atom is 0.258 e. The lowest BCUT2D eigenvalue weighted by atomic mass is 9.48. The molecule has 3 heterocycles. The van der Waals surface area contributed by atoms with Gasteiger partial charge >= 0.3 is 0 Å². The molecule has 1 unspecified atom stereocenters. The third-order valence-electron chi connectivity index (χ3n) is 10.2. The molecule has 2 aromatic carbocycles. The summed E-state index contributed by atoms with van der Waals surface area (Å²) in [5, 5.41) is 12.8. The molecular formula is C28H32N2O8S2. The summed E-state index contributed by atoms with van der Waals surface area (Å²) in [4.78, 5) is 1.99. The van der Waals surface area contributed by atoms with E-state index in [-0.39, 0.29) is 35.5 Å². The Balaban J connectivity index is 1.31. The molecule has 40 heavy (non-hydrogen) atoms. The van der Waals surface area contributed by atoms with Crippen molar-refractivity contribution in [2.45, 2.75) is 77.5 Å². The van der Waals surface area contributed by atoms with Crippen LogP contribution in [0.15, 0.2) is 46.2 Å². The molecule has 0 aromatic heterocycles. The van der Waals surface area contributed by atoms with Crippen LogP contribution in [0.25, 0.3) is 0 Å². The molecule has 0 radical (unpaired) electrons. The number of likely N-dealkylation sites (tertiary alicyclic amines) is 1. The molecule has 3 aliphatic carbocycles. The zero-order valence-corrected chi connectivity index (χ0v) is 23.8. The summed E-state index contributed by atoms with van der Waals surface area (Å²) in [7, 11) is -7.20. The van der Waals surface area contributed by atoms with E-state index in [1.807, 2.05) is 12.1 Å². The molecule has 8 rings (SSSR count). The van der Waals surface area contributed by atoms with Crippen molar-refractivity contribution in [2.24, 2.45) is 5.92 Å². The lowest BCUT2D eigenvalue weighted by molar-refractivity contribution is -0.193. The van der Waals surface area contributed by atoms with Gasteiger partial charge in [0.15, 0.2) is 18.3 Å². The second-order valence-electron chi connectivity index (χ2n) is 12.1. The topological polar surface area (TPSA) is 123 Å². The predicted octanol–water partition coefficient (Wildman–Crippen LogP) is 2.00. The molecule has 2 saturated carbocycles. The SMILES string of the molecule is COCOc1ccc2c3c1O[C@H]1[C@H](N4S(=O)(=O)c5ccccc5S4(=O)=O)CCC4(O)[C@@H](C2)N(CC2CC2)CC[C@]314. The van der Waals surface area contributed by atoms with E-state index < -0.39 is 43.2 Å². The normalized spacial score (nSPS) is 36.5. The van der Waals surface area contributed by atoms with Gasteiger partial charge in [0.25, 0.3) is 20.0 Å². The molecule has 0 amide bonds. The molecule has 2 aromatic rings. The van der Waals surface area contributed by atoms with Crippen molar-refractivity contribution >= 4 is 20.0 Å². The fraction of sp³-hybridized carbons (Fsp3) is 0.571. The van der Waals surface area contributed by atoms with E-state index in [1.165, 1.54) is 44.2 Å². The van der Waals surface area contributed by atoms with Crippen LogP contribution < -0.4 is 9.47 Å². The number of nitrogens with zero attached hydrogens (tertiary/aromatic N) is 2. The summed E-state index contributed by atoms with van der Waals surface area (Å²) in [5.74, 6) is 1.55. The Labute approximate surface area is 233 Å². The van der Waals surface area contributed by atoms with Crippen LogP contribution in [0.5, 0.6) is 11.5 Å². The van der Waals surface area contributed by atoms with Crippen LogP contribution in [-0.4, -0.2) is 81.3 Å². The highest BCUT2D eigenvalue weighted by Gasteiger charge is 2.75. The molecule has 2 bridgehead atoms. The second-order valence-corrected chi connectivity index (χ2v) is 15.9. The lowest BCUT2D eigenvalue weighted by Crippen LogP contribution is -2.78. The quantitative estimate of drug-likeness (QED) is 0.505. The minimum absolute atomic E-state index is 0.0114. The molecular weight excluding hydrogens is 556 g/mol. The van der Waals surface area contributed by atoms with E-state index >= 15 is 0 Å². The van der Waals surface area contributed by atoms with Gasteiger partial charge in [0.05, 0.1) is 17.1 Å². The van der Waals surface area contributed by atoms with E-state index in [9.17, 15) is 21.9 Å². The maximum absolute atomic E-state index is 13.8. The molecule has 10 nitrogen and oxygen atoms in total. The van der Waals surface area contributed by atoms with Gasteiger partial charge in [-0.3, -0.25) is 4.90 Å². The van der Waals surface area contributed by atoms with Crippen LogP contribution >= 0.6 is 0 Å². The van der Waals surface area contributed by atoms with E-state index in [2.05, 4.69) is 4.90 Å². The Hall–Kier alpha value is -2.22. The van der Waals surface area contributed by atoms with Crippen LogP contribution in [0.4, 0.5) is 0 Å². The monoisotopic (exact) mass is 588 g/mol. The fourth-order valence-corrected chi connectivity index (χ4v) is 13.3. The number of hydrogen-bond acceptors (Lipinski definition) is 9. The Morgan fingerprint density at radius 3 is 2.42 bits per heavy atom. The first-order valence-electron chi connectivity index (χ1n) is 13.9. The van der Waals surface area contributed by atoms with Gasteiger partial charge in [-0.05, 0) is 74.8 Å². The van der Waals surface area contributed by atoms with E-state index in [0.29, 0.717) is 34.0 Å². The van der Waals surface area contributed by atoms with Crippen molar-refractivity contribution in [1.82, 2.24) is 8.61 Å². The second kappa shape index (κ2) is 8.20. The summed E-state index contributed by atoms with van der Waals surface area (Å²) in [6.07, 6.45) is 3.09. The highest BCUT2D eigenvalue weighted by atomic mass is 32.3. The minimum atomic E-state index is -4.36. The average molecular weight is 589 g/mol. The van der Waals surface area contributed by atoms with Crippen molar-refractivity contribution in [3.63, 3.8) is 0 Å². The maximum atomic E-state index is 13.8. The van der Waals surface area contributed by atoms with Gasteiger partial charge in [-0.15, -0.1) is 0 Å². The van der Waals surface area contributed by atoms with Crippen LogP contribution in [0, 0.1) is 5.92 Å². The van der Waals surface area contributed by atoms with Gasteiger partial charge in [0.2, 0.25) is 0 Å². The van der Waals surface area contributed by atoms with Crippen LogP contribution in [0.2, 0.25) is 0 Å². The summed E-state index contributed by atoms with van der Waals surface area (Å²) >= 11 is 0. The third kappa shape index (κ3) is 3.02. The first-order chi connectivity index (χ1) is 19.1. The number of sulfonamides is 2. The minimum Gasteiger partial charge on any atom is -0.483 e. The predicted molar refractivity (Wildman–Crippen MR) is 142 cm³/mol. The van der Waals surface area contributed by atoms with Gasteiger partial charge < -0.3 is 19.3 Å². The number of benzene rings is 2. The first kappa shape index (κ1) is 25.5. The lowest BCUT2D eigenvalue weighted by Gasteiger charge is -2.64. The highest BCUT2D eigenvalue weighted by molar-refractivity contribution is 8.06. The Kier molecular flexibility index (Phi) is 5.22. The summed E-state index contributed by atoms with van der Waals surface area (Å²) in [6, 6.07) is 8.39. The Morgan fingerprint density at radius 1 is 1.02 bits per heavy atom. The molecule has 1 N–H and O–H groups in total. The number of ether oxygens (including phenoxy) is 3. The molecule has 12 heteroatoms. The van der Waals surface area contributed by atoms with Crippen LogP contribution in [0.3, 0.4) is 0 Å². The van der Waals surface area contributed by atoms with Gasteiger partial charge in [0, 0.05) is 25.3 Å². The zero-order chi connectivity index (χ0) is 27.7. The van der Waals surface area contributed by atoms with E-state index in [4.69, 9.17) is 14.2 Å². The Morgan fingerprint density at radius 2 is 1.75 bits per heavy atom. The fourth-order valence-electron chi connectivity index (χ4n) is 8.45. The van der Waals surface area contributed by atoms with Gasteiger partial charge in [-0.25, -0.2) is 16.8 Å². The van der Waals surface area contributed by atoms with Gasteiger partial charge in [-0.2, -0.15) is 0 Å². The Bertz CT molecular complexity index is 1590. The number of hydrogen-bond donors (Lipinski definition) is 1. The van der Waals surface area contributed by atoms with Gasteiger partial charge in [-0.1, -0.05) is 21.9 Å². The smallest absolute Gasteiger partial charge is 0.258 e. The molecule has 3 aliphatic heterocycles. The summed E-state index contributed by atoms with van der Waals surface area (Å²) in [6.45, 7) is 1.64. The molecule has 214 valence electrons. The number of fused-ring (bicyclic) bond motifs is 1. The molecule has 1 spiro atoms. The number of piperidine rings is 1. The molecule has 6 aliphatic rings. The molecule has 1 saturated heterocycles.